The van der Waals surface area contributed by atoms with Crippen LogP contribution in [-0.2, 0) is 14.3 Å². The van der Waals surface area contributed by atoms with Gasteiger partial charge in [-0.15, -0.1) is 0 Å². The third-order valence-corrected chi connectivity index (χ3v) is 9.74. The Bertz CT molecular complexity index is 1480. The first-order valence-electron chi connectivity index (χ1n) is 13.9. The van der Waals surface area contributed by atoms with Gasteiger partial charge in [-0.05, 0) is 95.4 Å². The minimum absolute atomic E-state index is 0.0250. The number of fused-ring (bicyclic) bond motifs is 3. The van der Waals surface area contributed by atoms with Gasteiger partial charge in [0.05, 0.1) is 34.3 Å². The second kappa shape index (κ2) is 10.6. The predicted octanol–water partition coefficient (Wildman–Crippen LogP) is 6.00. The Morgan fingerprint density at radius 2 is 1.71 bits per heavy atom. The minimum Gasteiger partial charge on any atom is -0.504 e. The van der Waals surface area contributed by atoms with Crippen molar-refractivity contribution in [2.45, 2.75) is 38.6 Å². The number of para-hydroxylation sites is 1. The number of methoxy groups -OCH3 is 1. The lowest BCUT2D eigenvalue weighted by atomic mass is 9.62. The number of hydrogen-bond acceptors (Lipinski definition) is 7. The van der Waals surface area contributed by atoms with E-state index in [1.807, 2.05) is 85.0 Å². The van der Waals surface area contributed by atoms with E-state index in [0.29, 0.717) is 27.8 Å². The van der Waals surface area contributed by atoms with E-state index in [1.165, 1.54) is 12.0 Å². The van der Waals surface area contributed by atoms with Crippen LogP contribution in [0.4, 0.5) is 17.1 Å². The van der Waals surface area contributed by atoms with Gasteiger partial charge in [0.2, 0.25) is 11.8 Å². The molecule has 0 radical (unpaired) electrons. The summed E-state index contributed by atoms with van der Waals surface area (Å²) in [5.41, 5.74) is 3.05. The van der Waals surface area contributed by atoms with Crippen molar-refractivity contribution in [1.29, 1.82) is 0 Å². The fourth-order valence-corrected chi connectivity index (χ4v) is 7.57. The molecule has 6 rings (SSSR count). The van der Waals surface area contributed by atoms with Gasteiger partial charge in [-0.1, -0.05) is 32.0 Å². The van der Waals surface area contributed by atoms with Gasteiger partial charge in [0.25, 0.3) is 0 Å². The van der Waals surface area contributed by atoms with Crippen LogP contribution in [0, 0.1) is 33.2 Å². The molecule has 0 bridgehead atoms. The highest BCUT2D eigenvalue weighted by molar-refractivity contribution is 14.1. The van der Waals surface area contributed by atoms with E-state index in [4.69, 9.17) is 9.47 Å². The zero-order chi connectivity index (χ0) is 29.1. The first-order valence-corrected chi connectivity index (χ1v) is 15.0. The SMILES string of the molecule is COc1cc([C@@H]2C[C@H]3[C@H]4C(=O)N(c5ccc(Nc6ccccc6)cc5)C(=O)[C@H]4C[C@H](C(C)C)[C@@]3(O)O2)cc(I)c1O. The number of carbonyl (C=O) groups excluding carboxylic acids is 2. The van der Waals surface area contributed by atoms with Crippen molar-refractivity contribution in [2.24, 2.45) is 29.6 Å². The number of aliphatic hydroxyl groups is 1. The number of hydrogen-bond donors (Lipinski definition) is 3. The molecule has 214 valence electrons. The molecular formula is C32H33IN2O6. The Morgan fingerprint density at radius 1 is 1.02 bits per heavy atom. The number of ether oxygens (including phenoxy) is 2. The summed E-state index contributed by atoms with van der Waals surface area (Å²) in [6, 6.07) is 20.6. The molecule has 3 fully saturated rings. The third kappa shape index (κ3) is 4.67. The number of amides is 2. The molecule has 2 saturated heterocycles. The maximum absolute atomic E-state index is 14.0. The minimum atomic E-state index is -1.56. The molecule has 0 aromatic heterocycles. The van der Waals surface area contributed by atoms with Crippen LogP contribution in [0.3, 0.4) is 0 Å². The lowest BCUT2D eigenvalue weighted by Crippen LogP contribution is -2.55. The Hall–Kier alpha value is -3.15. The Kier molecular flexibility index (Phi) is 7.24. The summed E-state index contributed by atoms with van der Waals surface area (Å²) >= 11 is 2.04. The van der Waals surface area contributed by atoms with Gasteiger partial charge in [-0.3, -0.25) is 14.5 Å². The maximum atomic E-state index is 14.0. The van der Waals surface area contributed by atoms with Crippen molar-refractivity contribution in [3.63, 3.8) is 0 Å². The van der Waals surface area contributed by atoms with Crippen LogP contribution in [0.5, 0.6) is 11.5 Å². The number of nitrogens with zero attached hydrogens (tertiary/aromatic N) is 1. The van der Waals surface area contributed by atoms with Crippen molar-refractivity contribution < 1.29 is 29.3 Å². The lowest BCUT2D eigenvalue weighted by molar-refractivity contribution is -0.276. The highest BCUT2D eigenvalue weighted by Crippen LogP contribution is 2.60. The molecule has 6 atom stereocenters. The van der Waals surface area contributed by atoms with Crippen molar-refractivity contribution in [2.75, 3.05) is 17.3 Å². The fraction of sp³-hybridized carbons (Fsp3) is 0.375. The van der Waals surface area contributed by atoms with Crippen molar-refractivity contribution in [3.05, 3.63) is 75.9 Å². The van der Waals surface area contributed by atoms with E-state index < -0.39 is 29.6 Å². The second-order valence-corrected chi connectivity index (χ2v) is 12.7. The standard InChI is InChI=1S/C32H33IN2O6/c1-17(2)23-15-22-28(24-16-26(41-32(23,24)39)18-13-25(33)29(36)27(14-18)40-3)31(38)35(30(22)37)21-11-9-20(10-12-21)34-19-7-5-4-6-8-19/h4-14,17,22-24,26,28,34,36,39H,15-16H2,1-3H3/t22-,23+,24-,26-,28-,32+/m0/s1. The number of aromatic hydroxyl groups is 1. The molecule has 3 aromatic carbocycles. The number of carbonyl (C=O) groups is 2. The van der Waals surface area contributed by atoms with Crippen LogP contribution in [-0.4, -0.2) is 34.9 Å². The number of phenolic OH excluding ortho intramolecular Hbond substituents is 1. The van der Waals surface area contributed by atoms with E-state index >= 15 is 0 Å². The van der Waals surface area contributed by atoms with Crippen LogP contribution in [0.2, 0.25) is 0 Å². The van der Waals surface area contributed by atoms with Crippen LogP contribution in [0.1, 0.15) is 38.4 Å². The molecule has 3 aromatic rings. The molecule has 0 spiro atoms. The number of benzene rings is 3. The number of halogens is 1. The first kappa shape index (κ1) is 28.0. The molecule has 9 heteroatoms. The van der Waals surface area contributed by atoms with Gasteiger partial charge in [0.15, 0.2) is 17.3 Å². The molecule has 41 heavy (non-hydrogen) atoms. The molecule has 1 saturated carbocycles. The smallest absolute Gasteiger partial charge is 0.238 e. The average Bonchev–Trinajstić information content (AvgIpc) is 3.44. The Balaban J connectivity index is 1.31. The fourth-order valence-electron chi connectivity index (χ4n) is 6.95. The summed E-state index contributed by atoms with van der Waals surface area (Å²) in [6.07, 6.45) is 0.221. The van der Waals surface area contributed by atoms with E-state index in [9.17, 15) is 19.8 Å². The summed E-state index contributed by atoms with van der Waals surface area (Å²) in [6.45, 7) is 4.03. The molecule has 3 aliphatic rings. The molecule has 1 aliphatic carbocycles. The summed E-state index contributed by atoms with van der Waals surface area (Å²) in [4.78, 5) is 29.1. The van der Waals surface area contributed by atoms with Crippen molar-refractivity contribution in [3.8, 4) is 11.5 Å². The van der Waals surface area contributed by atoms with Crippen LogP contribution >= 0.6 is 22.6 Å². The molecular weight excluding hydrogens is 635 g/mol. The van der Waals surface area contributed by atoms with Crippen LogP contribution < -0.4 is 15.0 Å². The van der Waals surface area contributed by atoms with Crippen molar-refractivity contribution in [1.82, 2.24) is 0 Å². The van der Waals surface area contributed by atoms with Crippen molar-refractivity contribution >= 4 is 51.5 Å². The van der Waals surface area contributed by atoms with Gasteiger partial charge in [0.1, 0.15) is 0 Å². The van der Waals surface area contributed by atoms with E-state index in [-0.39, 0.29) is 29.4 Å². The largest absolute Gasteiger partial charge is 0.504 e. The second-order valence-electron chi connectivity index (χ2n) is 11.5. The number of phenols is 1. The molecule has 2 amide bonds. The summed E-state index contributed by atoms with van der Waals surface area (Å²) < 4.78 is 12.4. The summed E-state index contributed by atoms with van der Waals surface area (Å²) in [5, 5.41) is 25.8. The van der Waals surface area contributed by atoms with E-state index in [0.717, 1.165) is 16.9 Å². The van der Waals surface area contributed by atoms with Gasteiger partial charge in [-0.2, -0.15) is 0 Å². The number of imide groups is 1. The number of anilines is 3. The topological polar surface area (TPSA) is 108 Å². The molecule has 3 N–H and O–H groups in total. The zero-order valence-corrected chi connectivity index (χ0v) is 25.2. The maximum Gasteiger partial charge on any atom is 0.238 e. The number of nitrogens with one attached hydrogen (secondary N) is 1. The van der Waals surface area contributed by atoms with Crippen LogP contribution in [0.25, 0.3) is 0 Å². The Morgan fingerprint density at radius 3 is 2.37 bits per heavy atom. The Labute approximate surface area is 252 Å². The molecule has 2 heterocycles. The quantitative estimate of drug-likeness (QED) is 0.219. The molecule has 2 aliphatic heterocycles. The van der Waals surface area contributed by atoms with Gasteiger partial charge in [-0.25, -0.2) is 0 Å². The highest BCUT2D eigenvalue weighted by atomic mass is 127. The van der Waals surface area contributed by atoms with Gasteiger partial charge < -0.3 is 25.0 Å². The summed E-state index contributed by atoms with van der Waals surface area (Å²) in [7, 11) is 1.48. The van der Waals surface area contributed by atoms with Gasteiger partial charge in [0, 0.05) is 23.2 Å². The van der Waals surface area contributed by atoms with E-state index in [2.05, 4.69) is 5.32 Å². The lowest BCUT2D eigenvalue weighted by Gasteiger charge is -2.46. The highest BCUT2D eigenvalue weighted by Gasteiger charge is 2.67. The van der Waals surface area contributed by atoms with Gasteiger partial charge >= 0.3 is 0 Å². The molecule has 8 nitrogen and oxygen atoms in total. The third-order valence-electron chi connectivity index (χ3n) is 8.91. The van der Waals surface area contributed by atoms with Crippen LogP contribution in [0.15, 0.2) is 66.7 Å². The summed E-state index contributed by atoms with van der Waals surface area (Å²) in [5.74, 6) is -3.79. The predicted molar refractivity (Wildman–Crippen MR) is 163 cm³/mol. The first-order chi connectivity index (χ1) is 19.6. The average molecular weight is 669 g/mol. The normalized spacial score (nSPS) is 29.0. The number of rotatable bonds is 6. The van der Waals surface area contributed by atoms with E-state index in [1.54, 1.807) is 18.2 Å². The zero-order valence-electron chi connectivity index (χ0n) is 23.1. The molecule has 0 unspecified atom stereocenters. The monoisotopic (exact) mass is 668 g/mol.